The Bertz CT molecular complexity index is 1120. The second-order valence-electron chi connectivity index (χ2n) is 8.10. The molecule has 0 saturated heterocycles. The summed E-state index contributed by atoms with van der Waals surface area (Å²) in [6.45, 7) is -1.35. The van der Waals surface area contributed by atoms with Crippen LogP contribution in [0.4, 0.5) is 22.0 Å². The molecule has 0 aromatic heterocycles. The Balaban J connectivity index is 1.87. The number of carbonyl (C=O) groups excluding carboxylic acids is 1. The van der Waals surface area contributed by atoms with Crippen molar-refractivity contribution in [2.75, 3.05) is 0 Å². The quantitative estimate of drug-likeness (QED) is 0.336. The molecular formula is C26H25F5N2O2. The summed E-state index contributed by atoms with van der Waals surface area (Å²) < 4.78 is 68.5. The van der Waals surface area contributed by atoms with Crippen LogP contribution in [0.3, 0.4) is 0 Å². The average Bonchev–Trinajstić information content (AvgIpc) is 2.80. The number of aryl methyl sites for hydroxylation is 2. The highest BCUT2D eigenvalue weighted by atomic mass is 19.4. The average molecular weight is 492 g/mol. The number of amides is 1. The van der Waals surface area contributed by atoms with E-state index >= 15 is 0 Å². The van der Waals surface area contributed by atoms with Gasteiger partial charge in [-0.05, 0) is 60.2 Å². The molecule has 186 valence electrons. The lowest BCUT2D eigenvalue weighted by molar-refractivity contribution is -0.137. The van der Waals surface area contributed by atoms with Gasteiger partial charge in [-0.25, -0.2) is 0 Å². The maximum atomic E-state index is 12.9. The summed E-state index contributed by atoms with van der Waals surface area (Å²) in [5, 5.41) is 3.24. The summed E-state index contributed by atoms with van der Waals surface area (Å²) in [5.74, 6) is -0.579. The Kier molecular flexibility index (Phi) is 8.45. The minimum atomic E-state index is -4.42. The number of hydrogen-bond donors (Lipinski definition) is 2. The van der Waals surface area contributed by atoms with Crippen LogP contribution in [0.5, 0.6) is 5.75 Å². The lowest BCUT2D eigenvalue weighted by Gasteiger charge is -2.26. The maximum absolute atomic E-state index is 12.9. The van der Waals surface area contributed by atoms with Crippen LogP contribution in [0.15, 0.2) is 72.8 Å². The molecule has 35 heavy (non-hydrogen) atoms. The van der Waals surface area contributed by atoms with Crippen molar-refractivity contribution < 1.29 is 31.5 Å². The molecule has 0 saturated carbocycles. The van der Waals surface area contributed by atoms with Gasteiger partial charge in [0.15, 0.2) is 0 Å². The van der Waals surface area contributed by atoms with E-state index in [1.54, 1.807) is 49.4 Å². The molecule has 0 aliphatic carbocycles. The molecule has 0 fully saturated rings. The molecular weight excluding hydrogens is 467 g/mol. The Hall–Kier alpha value is -3.46. The smallest absolute Gasteiger partial charge is 0.416 e. The molecule has 3 aromatic rings. The zero-order chi connectivity index (χ0) is 25.6. The van der Waals surface area contributed by atoms with E-state index in [4.69, 9.17) is 5.73 Å². The van der Waals surface area contributed by atoms with Crippen molar-refractivity contribution in [3.05, 3.63) is 101 Å². The third-order valence-corrected chi connectivity index (χ3v) is 5.61. The molecule has 3 aromatic carbocycles. The molecule has 0 spiro atoms. The number of carbonyl (C=O) groups is 1. The Morgan fingerprint density at radius 1 is 0.971 bits per heavy atom. The zero-order valence-electron chi connectivity index (χ0n) is 18.9. The first-order valence-electron chi connectivity index (χ1n) is 10.9. The van der Waals surface area contributed by atoms with E-state index in [-0.39, 0.29) is 5.75 Å². The van der Waals surface area contributed by atoms with Crippen LogP contribution in [0.1, 0.15) is 46.3 Å². The number of nitrogens with one attached hydrogen (secondary N) is 1. The van der Waals surface area contributed by atoms with Crippen molar-refractivity contribution in [1.82, 2.24) is 5.32 Å². The fourth-order valence-corrected chi connectivity index (χ4v) is 3.82. The molecule has 3 N–H and O–H groups in total. The number of rotatable bonds is 10. The van der Waals surface area contributed by atoms with Crippen LogP contribution in [0.2, 0.25) is 0 Å². The first kappa shape index (κ1) is 26.2. The summed E-state index contributed by atoms with van der Waals surface area (Å²) in [7, 11) is 0. The molecule has 0 aliphatic rings. The topological polar surface area (TPSA) is 64.3 Å². The van der Waals surface area contributed by atoms with Gasteiger partial charge in [0.2, 0.25) is 5.91 Å². The Morgan fingerprint density at radius 3 is 2.17 bits per heavy atom. The molecule has 1 unspecified atom stereocenters. The van der Waals surface area contributed by atoms with E-state index in [1.807, 2.05) is 0 Å². The SMILES string of the molecule is Cc1cc([C@@H](CCc2ccc(C(F)(F)F)cc2)NC(C(N)=O)c2ccccc2)ccc1OC(F)F. The van der Waals surface area contributed by atoms with E-state index in [0.717, 1.165) is 12.1 Å². The van der Waals surface area contributed by atoms with Crippen LogP contribution in [0.25, 0.3) is 0 Å². The molecule has 0 heterocycles. The van der Waals surface area contributed by atoms with Crippen LogP contribution >= 0.6 is 0 Å². The van der Waals surface area contributed by atoms with Gasteiger partial charge in [-0.2, -0.15) is 22.0 Å². The zero-order valence-corrected chi connectivity index (χ0v) is 18.9. The number of nitrogens with two attached hydrogens (primary N) is 1. The number of hydrogen-bond acceptors (Lipinski definition) is 3. The summed E-state index contributed by atoms with van der Waals surface area (Å²) >= 11 is 0. The van der Waals surface area contributed by atoms with Gasteiger partial charge < -0.3 is 10.5 Å². The molecule has 3 rings (SSSR count). The van der Waals surface area contributed by atoms with Gasteiger partial charge in [-0.1, -0.05) is 54.6 Å². The monoisotopic (exact) mass is 492 g/mol. The van der Waals surface area contributed by atoms with E-state index in [2.05, 4.69) is 10.1 Å². The molecule has 1 amide bonds. The van der Waals surface area contributed by atoms with Crippen molar-refractivity contribution in [2.45, 2.75) is 44.6 Å². The molecule has 2 atom stereocenters. The van der Waals surface area contributed by atoms with Gasteiger partial charge >= 0.3 is 12.8 Å². The van der Waals surface area contributed by atoms with Crippen molar-refractivity contribution in [2.24, 2.45) is 5.73 Å². The van der Waals surface area contributed by atoms with Crippen LogP contribution in [-0.4, -0.2) is 12.5 Å². The normalized spacial score (nSPS) is 13.5. The molecule has 0 aliphatic heterocycles. The predicted octanol–water partition coefficient (Wildman–Crippen LogP) is 6.11. The standard InChI is InChI=1S/C26H25F5N2O2/c1-16-15-19(10-14-22(16)35-25(27)28)21(33-23(24(32)34)18-5-3-2-4-6-18)13-9-17-7-11-20(12-8-17)26(29,30)31/h2-8,10-12,14-15,21,23,25,33H,9,13H2,1H3,(H2,32,34)/t21-,23?/m1/s1. The first-order chi connectivity index (χ1) is 16.5. The lowest BCUT2D eigenvalue weighted by Crippen LogP contribution is -2.36. The fourth-order valence-electron chi connectivity index (χ4n) is 3.82. The number of alkyl halides is 5. The number of halogens is 5. The van der Waals surface area contributed by atoms with Gasteiger partial charge in [-0.3, -0.25) is 10.1 Å². The second-order valence-corrected chi connectivity index (χ2v) is 8.10. The Morgan fingerprint density at radius 2 is 1.63 bits per heavy atom. The first-order valence-corrected chi connectivity index (χ1v) is 10.9. The van der Waals surface area contributed by atoms with Crippen LogP contribution in [-0.2, 0) is 17.4 Å². The van der Waals surface area contributed by atoms with E-state index in [9.17, 15) is 26.7 Å². The third-order valence-electron chi connectivity index (χ3n) is 5.61. The largest absolute Gasteiger partial charge is 0.435 e. The Labute approximate surface area is 199 Å². The summed E-state index contributed by atoms with van der Waals surface area (Å²) in [4.78, 5) is 12.3. The van der Waals surface area contributed by atoms with Crippen LogP contribution < -0.4 is 15.8 Å². The predicted molar refractivity (Wildman–Crippen MR) is 122 cm³/mol. The van der Waals surface area contributed by atoms with Gasteiger partial charge in [0.25, 0.3) is 0 Å². The highest BCUT2D eigenvalue weighted by Crippen LogP contribution is 2.31. The van der Waals surface area contributed by atoms with Gasteiger partial charge in [0, 0.05) is 6.04 Å². The number of primary amides is 1. The molecule has 0 radical (unpaired) electrons. The van der Waals surface area contributed by atoms with Crippen LogP contribution in [0, 0.1) is 6.92 Å². The molecule has 0 bridgehead atoms. The van der Waals surface area contributed by atoms with Gasteiger partial charge in [0.1, 0.15) is 11.8 Å². The highest BCUT2D eigenvalue weighted by Gasteiger charge is 2.30. The van der Waals surface area contributed by atoms with E-state index in [1.165, 1.54) is 18.2 Å². The fraction of sp³-hybridized carbons (Fsp3) is 0.269. The second kappa shape index (κ2) is 11.3. The van der Waals surface area contributed by atoms with E-state index in [0.29, 0.717) is 35.1 Å². The summed E-state index contributed by atoms with van der Waals surface area (Å²) in [5.41, 5.74) is 7.41. The van der Waals surface area contributed by atoms with Gasteiger partial charge in [-0.15, -0.1) is 0 Å². The number of ether oxygens (including phenoxy) is 1. The summed E-state index contributed by atoms with van der Waals surface area (Å²) in [6, 6.07) is 17.1. The van der Waals surface area contributed by atoms with Gasteiger partial charge in [0.05, 0.1) is 5.56 Å². The van der Waals surface area contributed by atoms with E-state index < -0.39 is 36.3 Å². The third kappa shape index (κ3) is 7.26. The maximum Gasteiger partial charge on any atom is 0.416 e. The molecule has 4 nitrogen and oxygen atoms in total. The minimum absolute atomic E-state index is 0.0275. The lowest BCUT2D eigenvalue weighted by atomic mass is 9.95. The number of benzene rings is 3. The minimum Gasteiger partial charge on any atom is -0.435 e. The summed E-state index contributed by atoms with van der Waals surface area (Å²) in [6.07, 6.45) is -3.63. The molecule has 9 heteroatoms. The van der Waals surface area contributed by atoms with Crippen molar-refractivity contribution >= 4 is 5.91 Å². The van der Waals surface area contributed by atoms with Crippen molar-refractivity contribution in [3.8, 4) is 5.75 Å². The van der Waals surface area contributed by atoms with Crippen molar-refractivity contribution in [3.63, 3.8) is 0 Å². The van der Waals surface area contributed by atoms with Crippen molar-refractivity contribution in [1.29, 1.82) is 0 Å². The highest BCUT2D eigenvalue weighted by molar-refractivity contribution is 5.81.